The smallest absolute Gasteiger partial charge is 0.0744 e. The SMILES string of the molecule is C#CCCCC(C)(O)CNC(C)C. The lowest BCUT2D eigenvalue weighted by Crippen LogP contribution is -2.40. The molecule has 0 aliphatic rings. The standard InChI is InChI=1S/C11H21NO/c1-5-6-7-8-11(4,13)9-12-10(2)3/h1,10,12-13H,6-9H2,2-4H3. The summed E-state index contributed by atoms with van der Waals surface area (Å²) in [5, 5.41) is 13.1. The molecule has 0 aliphatic heterocycles. The molecule has 0 spiro atoms. The maximum atomic E-state index is 9.86. The van der Waals surface area contributed by atoms with Crippen molar-refractivity contribution >= 4 is 0 Å². The highest BCUT2D eigenvalue weighted by molar-refractivity contribution is 4.85. The van der Waals surface area contributed by atoms with Crippen molar-refractivity contribution in [2.75, 3.05) is 6.54 Å². The van der Waals surface area contributed by atoms with Crippen LogP contribution in [0.25, 0.3) is 0 Å². The third-order valence-electron chi connectivity index (χ3n) is 1.93. The van der Waals surface area contributed by atoms with Crippen molar-refractivity contribution in [3.05, 3.63) is 0 Å². The Morgan fingerprint density at radius 3 is 2.62 bits per heavy atom. The Labute approximate surface area is 81.7 Å². The van der Waals surface area contributed by atoms with E-state index in [9.17, 15) is 5.11 Å². The van der Waals surface area contributed by atoms with Gasteiger partial charge in [-0.1, -0.05) is 13.8 Å². The molecule has 0 saturated carbocycles. The van der Waals surface area contributed by atoms with E-state index in [4.69, 9.17) is 6.42 Å². The molecule has 0 rings (SSSR count). The van der Waals surface area contributed by atoms with Crippen molar-refractivity contribution in [3.8, 4) is 12.3 Å². The van der Waals surface area contributed by atoms with E-state index in [0.29, 0.717) is 12.6 Å². The van der Waals surface area contributed by atoms with Crippen LogP contribution in [0.3, 0.4) is 0 Å². The van der Waals surface area contributed by atoms with Crippen molar-refractivity contribution in [2.24, 2.45) is 0 Å². The van der Waals surface area contributed by atoms with E-state index in [2.05, 4.69) is 25.1 Å². The summed E-state index contributed by atoms with van der Waals surface area (Å²) in [7, 11) is 0. The van der Waals surface area contributed by atoms with Gasteiger partial charge in [-0.25, -0.2) is 0 Å². The lowest BCUT2D eigenvalue weighted by atomic mass is 9.99. The number of nitrogens with one attached hydrogen (secondary N) is 1. The van der Waals surface area contributed by atoms with E-state index in [1.54, 1.807) is 0 Å². The normalized spacial score (nSPS) is 15.4. The zero-order chi connectivity index (χ0) is 10.3. The zero-order valence-corrected chi connectivity index (χ0v) is 8.93. The second-order valence-corrected chi connectivity index (χ2v) is 4.09. The van der Waals surface area contributed by atoms with Gasteiger partial charge in [-0.05, 0) is 19.8 Å². The Hall–Kier alpha value is -0.520. The number of hydrogen-bond acceptors (Lipinski definition) is 2. The minimum Gasteiger partial charge on any atom is -0.389 e. The van der Waals surface area contributed by atoms with Gasteiger partial charge in [0.2, 0.25) is 0 Å². The fourth-order valence-electron chi connectivity index (χ4n) is 1.08. The van der Waals surface area contributed by atoms with Crippen molar-refractivity contribution < 1.29 is 5.11 Å². The van der Waals surface area contributed by atoms with E-state index in [0.717, 1.165) is 19.3 Å². The summed E-state index contributed by atoms with van der Waals surface area (Å²) in [5.41, 5.74) is -0.624. The third-order valence-corrected chi connectivity index (χ3v) is 1.93. The molecule has 0 aromatic carbocycles. The number of hydrogen-bond donors (Lipinski definition) is 2. The Morgan fingerprint density at radius 1 is 1.54 bits per heavy atom. The summed E-state index contributed by atoms with van der Waals surface area (Å²) in [4.78, 5) is 0. The van der Waals surface area contributed by atoms with Gasteiger partial charge in [0.1, 0.15) is 0 Å². The third kappa shape index (κ3) is 7.83. The number of rotatable bonds is 6. The minimum atomic E-state index is -0.624. The molecule has 0 saturated heterocycles. The Bertz CT molecular complexity index is 167. The molecule has 0 radical (unpaired) electrons. The van der Waals surface area contributed by atoms with E-state index in [1.807, 2.05) is 6.92 Å². The molecule has 13 heavy (non-hydrogen) atoms. The van der Waals surface area contributed by atoms with Crippen molar-refractivity contribution in [2.45, 2.75) is 51.7 Å². The molecular formula is C11H21NO. The van der Waals surface area contributed by atoms with Crippen LogP contribution in [0, 0.1) is 12.3 Å². The maximum Gasteiger partial charge on any atom is 0.0744 e. The zero-order valence-electron chi connectivity index (χ0n) is 8.93. The van der Waals surface area contributed by atoms with Gasteiger partial charge in [-0.3, -0.25) is 0 Å². The van der Waals surface area contributed by atoms with Crippen molar-refractivity contribution in [1.29, 1.82) is 0 Å². The van der Waals surface area contributed by atoms with Gasteiger partial charge < -0.3 is 10.4 Å². The van der Waals surface area contributed by atoms with Gasteiger partial charge >= 0.3 is 0 Å². The van der Waals surface area contributed by atoms with Crippen LogP contribution in [0.5, 0.6) is 0 Å². The van der Waals surface area contributed by atoms with Crippen molar-refractivity contribution in [3.63, 3.8) is 0 Å². The second-order valence-electron chi connectivity index (χ2n) is 4.09. The van der Waals surface area contributed by atoms with Crippen LogP contribution in [-0.4, -0.2) is 23.3 Å². The summed E-state index contributed by atoms with van der Waals surface area (Å²) in [6.07, 6.45) is 7.53. The maximum absolute atomic E-state index is 9.86. The van der Waals surface area contributed by atoms with E-state index in [-0.39, 0.29) is 0 Å². The van der Waals surface area contributed by atoms with E-state index >= 15 is 0 Å². The fraction of sp³-hybridized carbons (Fsp3) is 0.818. The molecular weight excluding hydrogens is 162 g/mol. The first-order chi connectivity index (χ1) is 5.98. The molecule has 0 fully saturated rings. The summed E-state index contributed by atoms with van der Waals surface area (Å²) < 4.78 is 0. The largest absolute Gasteiger partial charge is 0.389 e. The summed E-state index contributed by atoms with van der Waals surface area (Å²) >= 11 is 0. The average Bonchev–Trinajstić information content (AvgIpc) is 2.02. The van der Waals surface area contributed by atoms with Crippen LogP contribution in [0.15, 0.2) is 0 Å². The fourth-order valence-corrected chi connectivity index (χ4v) is 1.08. The lowest BCUT2D eigenvalue weighted by Gasteiger charge is -2.24. The number of aliphatic hydroxyl groups is 1. The van der Waals surface area contributed by atoms with Crippen molar-refractivity contribution in [1.82, 2.24) is 5.32 Å². The van der Waals surface area contributed by atoms with E-state index in [1.165, 1.54) is 0 Å². The Kier molecular flexibility index (Phi) is 5.77. The lowest BCUT2D eigenvalue weighted by molar-refractivity contribution is 0.0473. The topological polar surface area (TPSA) is 32.3 Å². The molecule has 76 valence electrons. The molecule has 0 aliphatic carbocycles. The molecule has 1 atom stereocenters. The molecule has 0 bridgehead atoms. The van der Waals surface area contributed by atoms with Gasteiger partial charge in [0, 0.05) is 19.0 Å². The molecule has 0 amide bonds. The summed E-state index contributed by atoms with van der Waals surface area (Å²) in [5.74, 6) is 2.57. The molecule has 2 heteroatoms. The Morgan fingerprint density at radius 2 is 2.15 bits per heavy atom. The quantitative estimate of drug-likeness (QED) is 0.483. The predicted octanol–water partition coefficient (Wildman–Crippen LogP) is 1.54. The first kappa shape index (κ1) is 12.5. The first-order valence-electron chi connectivity index (χ1n) is 4.87. The molecule has 1 unspecified atom stereocenters. The van der Waals surface area contributed by atoms with Crippen LogP contribution in [0.1, 0.15) is 40.0 Å². The van der Waals surface area contributed by atoms with Crippen LogP contribution in [0.2, 0.25) is 0 Å². The highest BCUT2D eigenvalue weighted by Gasteiger charge is 2.19. The van der Waals surface area contributed by atoms with Crippen LogP contribution < -0.4 is 5.32 Å². The van der Waals surface area contributed by atoms with Gasteiger partial charge in [-0.15, -0.1) is 12.3 Å². The van der Waals surface area contributed by atoms with Crippen LogP contribution >= 0.6 is 0 Å². The molecule has 0 heterocycles. The van der Waals surface area contributed by atoms with Gasteiger partial charge in [0.15, 0.2) is 0 Å². The first-order valence-corrected chi connectivity index (χ1v) is 4.87. The monoisotopic (exact) mass is 183 g/mol. The van der Waals surface area contributed by atoms with Gasteiger partial charge in [-0.2, -0.15) is 0 Å². The summed E-state index contributed by atoms with van der Waals surface area (Å²) in [6.45, 7) is 6.61. The predicted molar refractivity (Wildman–Crippen MR) is 56.4 cm³/mol. The van der Waals surface area contributed by atoms with Crippen LogP contribution in [0.4, 0.5) is 0 Å². The Balaban J connectivity index is 3.61. The second kappa shape index (κ2) is 6.01. The molecule has 2 N–H and O–H groups in total. The van der Waals surface area contributed by atoms with Crippen LogP contribution in [-0.2, 0) is 0 Å². The number of terminal acetylenes is 1. The average molecular weight is 183 g/mol. The number of unbranched alkanes of at least 4 members (excludes halogenated alkanes) is 1. The molecule has 0 aromatic rings. The van der Waals surface area contributed by atoms with Gasteiger partial charge in [0.05, 0.1) is 5.60 Å². The summed E-state index contributed by atoms with van der Waals surface area (Å²) in [6, 6.07) is 0.416. The highest BCUT2D eigenvalue weighted by atomic mass is 16.3. The molecule has 0 aromatic heterocycles. The minimum absolute atomic E-state index is 0.416. The van der Waals surface area contributed by atoms with E-state index < -0.39 is 5.60 Å². The highest BCUT2D eigenvalue weighted by Crippen LogP contribution is 2.12. The molecule has 2 nitrogen and oxygen atoms in total. The van der Waals surface area contributed by atoms with Gasteiger partial charge in [0.25, 0.3) is 0 Å².